The van der Waals surface area contributed by atoms with Crippen LogP contribution >= 0.6 is 11.8 Å². The number of nitrogens with one attached hydrogen (secondary N) is 1. The maximum Gasteiger partial charge on any atom is 0.573 e. The molecule has 1 aromatic heterocycles. The van der Waals surface area contributed by atoms with Crippen LogP contribution in [-0.4, -0.2) is 50.2 Å². The smallest absolute Gasteiger partial charge is 0.406 e. The van der Waals surface area contributed by atoms with Gasteiger partial charge >= 0.3 is 12.4 Å². The number of hydrazone groups is 1. The predicted molar refractivity (Wildman–Crippen MR) is 162 cm³/mol. The Morgan fingerprint density at radius 2 is 1.82 bits per heavy atom. The van der Waals surface area contributed by atoms with E-state index in [1.165, 1.54) is 58.2 Å². The molecule has 1 fully saturated rings. The van der Waals surface area contributed by atoms with Gasteiger partial charge in [-0.25, -0.2) is 19.9 Å². The molecule has 0 atom stereocenters. The number of urea groups is 1. The van der Waals surface area contributed by atoms with Crippen LogP contribution in [0.3, 0.4) is 0 Å². The van der Waals surface area contributed by atoms with E-state index in [2.05, 4.69) is 44.2 Å². The minimum Gasteiger partial charge on any atom is -0.406 e. The molecular formula is C30H26F3N7O3S. The molecule has 1 aliphatic rings. The number of halogens is 3. The number of aromatic nitrogens is 3. The molecule has 2 heterocycles. The summed E-state index contributed by atoms with van der Waals surface area (Å²) in [5.41, 5.74) is 7.03. The van der Waals surface area contributed by atoms with Crippen LogP contribution in [-0.2, 0) is 4.79 Å². The largest absolute Gasteiger partial charge is 0.573 e. The van der Waals surface area contributed by atoms with E-state index < -0.39 is 12.4 Å². The van der Waals surface area contributed by atoms with Gasteiger partial charge in [0.2, 0.25) is 5.91 Å². The summed E-state index contributed by atoms with van der Waals surface area (Å²) < 4.78 is 42.5. The number of amides is 3. The van der Waals surface area contributed by atoms with Crippen LogP contribution in [0.2, 0.25) is 0 Å². The van der Waals surface area contributed by atoms with Crippen molar-refractivity contribution in [2.45, 2.75) is 33.1 Å². The molecule has 1 aliphatic heterocycles. The Balaban J connectivity index is 1.21. The minimum absolute atomic E-state index is 0.148. The zero-order valence-electron chi connectivity index (χ0n) is 23.7. The second-order valence-electron chi connectivity index (χ2n) is 9.93. The van der Waals surface area contributed by atoms with E-state index in [0.29, 0.717) is 22.6 Å². The monoisotopic (exact) mass is 621 g/mol. The maximum atomic E-state index is 12.7. The molecule has 1 N–H and O–H groups in total. The second-order valence-corrected chi connectivity index (χ2v) is 10.9. The molecule has 0 radical (unpaired) electrons. The first kappa shape index (κ1) is 30.5. The number of nitrogens with zero attached hydrogens (tertiary/aromatic N) is 6. The van der Waals surface area contributed by atoms with E-state index in [0.717, 1.165) is 16.8 Å². The van der Waals surface area contributed by atoms with Crippen LogP contribution in [0.1, 0.15) is 36.5 Å². The zero-order chi connectivity index (χ0) is 31.4. The number of aliphatic imine (C=N–C) groups is 1. The highest BCUT2D eigenvalue weighted by atomic mass is 32.2. The molecule has 1 saturated heterocycles. The molecule has 226 valence electrons. The Labute approximate surface area is 254 Å². The first-order valence-electron chi connectivity index (χ1n) is 13.3. The molecule has 4 aromatic rings. The number of benzene rings is 3. The first-order valence-corrected chi connectivity index (χ1v) is 14.3. The number of aryl methyl sites for hydroxylation is 1. The van der Waals surface area contributed by atoms with Gasteiger partial charge in [0, 0.05) is 5.56 Å². The van der Waals surface area contributed by atoms with E-state index in [1.54, 1.807) is 24.3 Å². The highest BCUT2D eigenvalue weighted by Crippen LogP contribution is 2.35. The summed E-state index contributed by atoms with van der Waals surface area (Å²) >= 11 is 1.19. The lowest BCUT2D eigenvalue weighted by Crippen LogP contribution is -2.32. The highest BCUT2D eigenvalue weighted by Gasteiger charge is 2.33. The fraction of sp³-hybridized carbons (Fsp3) is 0.200. The average molecular weight is 622 g/mol. The molecule has 5 rings (SSSR count). The molecule has 0 bridgehead atoms. The standard InChI is InChI=1S/C30H26F3N7O3S/c1-18(2)26-19(3)5-4-6-24(26)40-25(41)16-44-29(40)36-28(42)37-35-15-20-7-9-21(10-8-20)27-34-17-39(38-27)22-11-13-23(14-12-22)43-30(31,32)33/h4-15,17-18H,16H2,1-3H3,(H,37,42)/b35-15+,36-29?. The molecule has 0 spiro atoms. The van der Waals surface area contributed by atoms with E-state index in [9.17, 15) is 22.8 Å². The van der Waals surface area contributed by atoms with Crippen molar-refractivity contribution in [1.29, 1.82) is 0 Å². The van der Waals surface area contributed by atoms with E-state index in [-0.39, 0.29) is 28.5 Å². The Morgan fingerprint density at radius 3 is 2.50 bits per heavy atom. The Kier molecular flexibility index (Phi) is 8.81. The van der Waals surface area contributed by atoms with E-state index in [1.807, 2.05) is 25.1 Å². The average Bonchev–Trinajstić information content (AvgIpc) is 3.60. The van der Waals surface area contributed by atoms with Crippen molar-refractivity contribution < 1.29 is 27.5 Å². The van der Waals surface area contributed by atoms with Gasteiger partial charge in [0.25, 0.3) is 0 Å². The van der Waals surface area contributed by atoms with Gasteiger partial charge < -0.3 is 4.74 Å². The zero-order valence-corrected chi connectivity index (χ0v) is 24.6. The summed E-state index contributed by atoms with van der Waals surface area (Å²) in [5, 5.41) is 8.64. The molecule has 3 aromatic carbocycles. The number of hydrogen-bond acceptors (Lipinski definition) is 7. The predicted octanol–water partition coefficient (Wildman–Crippen LogP) is 6.44. The lowest BCUT2D eigenvalue weighted by Gasteiger charge is -2.23. The number of amidine groups is 1. The number of carbonyl (C=O) groups excluding carboxylic acids is 2. The maximum absolute atomic E-state index is 12.7. The van der Waals surface area contributed by atoms with Gasteiger partial charge in [-0.05, 0) is 59.9 Å². The number of anilines is 1. The Bertz CT molecular complexity index is 1730. The number of carbonyl (C=O) groups is 2. The SMILES string of the molecule is Cc1cccc(N2C(=O)CSC2=NC(=O)N/N=C/c2ccc(-c3ncn(-c4ccc(OC(F)(F)F)cc4)n3)cc2)c1C(C)C. The van der Waals surface area contributed by atoms with Crippen LogP contribution in [0.25, 0.3) is 17.1 Å². The number of hydrogen-bond donors (Lipinski definition) is 1. The molecule has 10 nitrogen and oxygen atoms in total. The van der Waals surface area contributed by atoms with Gasteiger partial charge in [0.15, 0.2) is 11.0 Å². The first-order chi connectivity index (χ1) is 21.0. The van der Waals surface area contributed by atoms with Crippen molar-refractivity contribution in [2.75, 3.05) is 10.7 Å². The fourth-order valence-corrected chi connectivity index (χ4v) is 5.46. The van der Waals surface area contributed by atoms with Gasteiger partial charge in [-0.15, -0.1) is 18.3 Å². The number of ether oxygens (including phenoxy) is 1. The molecule has 3 amide bonds. The van der Waals surface area contributed by atoms with Crippen molar-refractivity contribution >= 4 is 40.8 Å². The van der Waals surface area contributed by atoms with Gasteiger partial charge in [-0.3, -0.25) is 9.69 Å². The topological polar surface area (TPSA) is 114 Å². The highest BCUT2D eigenvalue weighted by molar-refractivity contribution is 8.15. The van der Waals surface area contributed by atoms with Crippen molar-refractivity contribution in [3.05, 3.63) is 89.7 Å². The second kappa shape index (κ2) is 12.7. The summed E-state index contributed by atoms with van der Waals surface area (Å²) in [6.45, 7) is 6.09. The summed E-state index contributed by atoms with van der Waals surface area (Å²) in [6, 6.07) is 17.3. The number of rotatable bonds is 7. The molecule has 14 heteroatoms. The molecule has 44 heavy (non-hydrogen) atoms. The van der Waals surface area contributed by atoms with E-state index >= 15 is 0 Å². The van der Waals surface area contributed by atoms with Crippen molar-refractivity contribution in [3.8, 4) is 22.8 Å². The van der Waals surface area contributed by atoms with Crippen molar-refractivity contribution in [2.24, 2.45) is 10.1 Å². The third kappa shape index (κ3) is 7.14. The van der Waals surface area contributed by atoms with Crippen LogP contribution in [0.15, 0.2) is 83.2 Å². The Hall–Kier alpha value is -4.98. The molecule has 0 unspecified atom stereocenters. The minimum atomic E-state index is -4.77. The molecular weight excluding hydrogens is 595 g/mol. The van der Waals surface area contributed by atoms with Crippen LogP contribution in [0.5, 0.6) is 5.75 Å². The van der Waals surface area contributed by atoms with Crippen LogP contribution in [0, 0.1) is 6.92 Å². The lowest BCUT2D eigenvalue weighted by molar-refractivity contribution is -0.274. The number of alkyl halides is 3. The normalized spacial score (nSPS) is 14.7. The molecule has 0 saturated carbocycles. The van der Waals surface area contributed by atoms with Gasteiger partial charge in [0.1, 0.15) is 12.1 Å². The summed E-state index contributed by atoms with van der Waals surface area (Å²) in [4.78, 5) is 35.1. The fourth-order valence-electron chi connectivity index (χ4n) is 4.61. The van der Waals surface area contributed by atoms with Crippen molar-refractivity contribution in [3.63, 3.8) is 0 Å². The summed E-state index contributed by atoms with van der Waals surface area (Å²) in [5.74, 6) is 0.272. The Morgan fingerprint density at radius 1 is 1.09 bits per heavy atom. The number of thioether (sulfide) groups is 1. The quantitative estimate of drug-likeness (QED) is 0.188. The summed E-state index contributed by atoms with van der Waals surface area (Å²) in [6.07, 6.45) is -1.88. The van der Waals surface area contributed by atoms with Crippen molar-refractivity contribution in [1.82, 2.24) is 20.2 Å². The third-order valence-electron chi connectivity index (χ3n) is 6.45. The van der Waals surface area contributed by atoms with Gasteiger partial charge in [-0.2, -0.15) is 10.1 Å². The van der Waals surface area contributed by atoms with E-state index in [4.69, 9.17) is 0 Å². The third-order valence-corrected chi connectivity index (χ3v) is 7.37. The molecule has 0 aliphatic carbocycles. The summed E-state index contributed by atoms with van der Waals surface area (Å²) in [7, 11) is 0. The van der Waals surface area contributed by atoms with Crippen LogP contribution < -0.4 is 15.1 Å². The van der Waals surface area contributed by atoms with Gasteiger partial charge in [0.05, 0.1) is 23.3 Å². The van der Waals surface area contributed by atoms with Crippen LogP contribution in [0.4, 0.5) is 23.7 Å². The lowest BCUT2D eigenvalue weighted by atomic mass is 9.95. The van der Waals surface area contributed by atoms with Gasteiger partial charge in [-0.1, -0.05) is 62.0 Å².